The number of imide groups is 1. The Morgan fingerprint density at radius 1 is 1.19 bits per heavy atom. The zero-order valence-corrected chi connectivity index (χ0v) is 17.9. The molecule has 10 nitrogen and oxygen atoms in total. The molecule has 0 spiro atoms. The van der Waals surface area contributed by atoms with Crippen molar-refractivity contribution in [2.45, 2.75) is 57.7 Å². The van der Waals surface area contributed by atoms with Crippen LogP contribution in [0.2, 0.25) is 0 Å². The first-order valence-corrected chi connectivity index (χ1v) is 10.8. The standard InChI is InChI=1S/C22H24N6O4/c1-22(2,24-19(30)12-6-7-12)17-11-28(26-25-17)15-5-3-4-13-14(15)10-27(21(13)32)16-8-9-18(29)23-20(16)31/h3-5,11-12,16H,6-10H2,1-2H3,(H,24,30)(H,23,29,31). The van der Waals surface area contributed by atoms with Crippen LogP contribution in [0.4, 0.5) is 0 Å². The number of carbonyl (C=O) groups excluding carboxylic acids is 4. The van der Waals surface area contributed by atoms with Crippen molar-refractivity contribution < 1.29 is 19.2 Å². The molecule has 1 unspecified atom stereocenters. The average Bonchev–Trinajstić information content (AvgIpc) is 3.38. The Bertz CT molecular complexity index is 1150. The van der Waals surface area contributed by atoms with Crippen molar-refractivity contribution in [2.75, 3.05) is 0 Å². The predicted octanol–water partition coefficient (Wildman–Crippen LogP) is 0.790. The highest BCUT2D eigenvalue weighted by Crippen LogP contribution is 2.33. The monoisotopic (exact) mass is 436 g/mol. The second kappa shape index (κ2) is 7.25. The normalized spacial score (nSPS) is 20.9. The molecule has 2 aromatic rings. The van der Waals surface area contributed by atoms with Crippen LogP contribution >= 0.6 is 0 Å². The van der Waals surface area contributed by atoms with E-state index in [2.05, 4.69) is 20.9 Å². The Morgan fingerprint density at radius 2 is 1.97 bits per heavy atom. The van der Waals surface area contributed by atoms with Crippen molar-refractivity contribution in [2.24, 2.45) is 5.92 Å². The van der Waals surface area contributed by atoms with E-state index in [1.165, 1.54) is 4.90 Å². The van der Waals surface area contributed by atoms with E-state index < -0.39 is 17.5 Å². The third kappa shape index (κ3) is 3.45. The number of benzene rings is 1. The van der Waals surface area contributed by atoms with Crippen molar-refractivity contribution in [3.63, 3.8) is 0 Å². The summed E-state index contributed by atoms with van der Waals surface area (Å²) in [5.41, 5.74) is 1.86. The van der Waals surface area contributed by atoms with Crippen LogP contribution in [0.15, 0.2) is 24.4 Å². The molecule has 1 aliphatic carbocycles. The Labute approximate surface area is 184 Å². The van der Waals surface area contributed by atoms with E-state index in [1.807, 2.05) is 19.9 Å². The van der Waals surface area contributed by atoms with Crippen LogP contribution < -0.4 is 10.6 Å². The molecule has 1 aromatic carbocycles. The Morgan fingerprint density at radius 3 is 2.69 bits per heavy atom. The van der Waals surface area contributed by atoms with Crippen molar-refractivity contribution in [1.82, 2.24) is 30.5 Å². The van der Waals surface area contributed by atoms with Crippen molar-refractivity contribution in [1.29, 1.82) is 0 Å². The lowest BCUT2D eigenvalue weighted by molar-refractivity contribution is -0.137. The number of fused-ring (bicyclic) bond motifs is 1. The number of carbonyl (C=O) groups is 4. The first-order chi connectivity index (χ1) is 15.2. The molecule has 5 rings (SSSR count). The molecule has 32 heavy (non-hydrogen) atoms. The third-order valence-electron chi connectivity index (χ3n) is 6.32. The number of piperidine rings is 1. The predicted molar refractivity (Wildman–Crippen MR) is 111 cm³/mol. The molecule has 1 saturated heterocycles. The molecular formula is C22H24N6O4. The molecule has 10 heteroatoms. The summed E-state index contributed by atoms with van der Waals surface area (Å²) in [5.74, 6) is -0.891. The minimum Gasteiger partial charge on any atom is -0.345 e. The smallest absolute Gasteiger partial charge is 0.255 e. The summed E-state index contributed by atoms with van der Waals surface area (Å²) in [4.78, 5) is 50.6. The van der Waals surface area contributed by atoms with E-state index in [9.17, 15) is 19.2 Å². The molecule has 3 heterocycles. The molecule has 3 aliphatic rings. The Balaban J connectivity index is 1.41. The van der Waals surface area contributed by atoms with Gasteiger partial charge in [-0.15, -0.1) is 5.10 Å². The summed E-state index contributed by atoms with van der Waals surface area (Å²) in [6.07, 6.45) is 4.10. The van der Waals surface area contributed by atoms with Gasteiger partial charge >= 0.3 is 0 Å². The zero-order valence-electron chi connectivity index (χ0n) is 17.9. The van der Waals surface area contributed by atoms with Gasteiger partial charge in [-0.2, -0.15) is 0 Å². The number of hydrogen-bond donors (Lipinski definition) is 2. The fraction of sp³-hybridized carbons (Fsp3) is 0.455. The van der Waals surface area contributed by atoms with Gasteiger partial charge in [0.2, 0.25) is 17.7 Å². The van der Waals surface area contributed by atoms with E-state index in [1.54, 1.807) is 23.0 Å². The van der Waals surface area contributed by atoms with Gasteiger partial charge in [0.15, 0.2) is 0 Å². The molecule has 4 amide bonds. The van der Waals surface area contributed by atoms with E-state index in [-0.39, 0.29) is 36.6 Å². The lowest BCUT2D eigenvalue weighted by atomic mass is 10.0. The zero-order chi connectivity index (χ0) is 22.6. The van der Waals surface area contributed by atoms with Crippen LogP contribution in [0.3, 0.4) is 0 Å². The Hall–Kier alpha value is -3.56. The van der Waals surface area contributed by atoms with Crippen molar-refractivity contribution in [3.8, 4) is 5.69 Å². The van der Waals surface area contributed by atoms with Gasteiger partial charge in [-0.3, -0.25) is 24.5 Å². The van der Waals surface area contributed by atoms with Crippen LogP contribution in [0.1, 0.15) is 61.1 Å². The fourth-order valence-electron chi connectivity index (χ4n) is 4.27. The van der Waals surface area contributed by atoms with Gasteiger partial charge in [0.05, 0.1) is 17.4 Å². The maximum atomic E-state index is 13.0. The van der Waals surface area contributed by atoms with Gasteiger partial charge < -0.3 is 10.2 Å². The molecule has 1 aromatic heterocycles. The van der Waals surface area contributed by atoms with E-state index >= 15 is 0 Å². The summed E-state index contributed by atoms with van der Waals surface area (Å²) in [6.45, 7) is 4.00. The van der Waals surface area contributed by atoms with Gasteiger partial charge in [-0.05, 0) is 45.2 Å². The summed E-state index contributed by atoms with van der Waals surface area (Å²) < 4.78 is 1.60. The molecule has 166 valence electrons. The SMILES string of the molecule is CC(C)(NC(=O)C1CC1)c1cn(-c2cccc3c2CN(C2CCC(=O)NC2=O)C3=O)nn1. The largest absolute Gasteiger partial charge is 0.345 e. The number of nitrogens with zero attached hydrogens (tertiary/aromatic N) is 4. The van der Waals surface area contributed by atoms with Crippen LogP contribution in [0.25, 0.3) is 5.69 Å². The van der Waals surface area contributed by atoms with Crippen molar-refractivity contribution >= 4 is 23.6 Å². The first-order valence-electron chi connectivity index (χ1n) is 10.8. The molecule has 2 aliphatic heterocycles. The maximum Gasteiger partial charge on any atom is 0.255 e. The summed E-state index contributed by atoms with van der Waals surface area (Å²) in [5, 5.41) is 13.9. The van der Waals surface area contributed by atoms with E-state index in [0.717, 1.165) is 18.4 Å². The van der Waals surface area contributed by atoms with Gasteiger partial charge in [0.25, 0.3) is 5.91 Å². The summed E-state index contributed by atoms with van der Waals surface area (Å²) in [6, 6.07) is 4.66. The molecular weight excluding hydrogens is 412 g/mol. The van der Waals surface area contributed by atoms with Crippen molar-refractivity contribution in [3.05, 3.63) is 41.2 Å². The van der Waals surface area contributed by atoms with Crippen LogP contribution in [-0.2, 0) is 26.5 Å². The number of hydrogen-bond acceptors (Lipinski definition) is 6. The minimum atomic E-state index is -0.690. The maximum absolute atomic E-state index is 13.0. The van der Waals surface area contributed by atoms with Gasteiger partial charge in [0, 0.05) is 30.0 Å². The second-order valence-corrected chi connectivity index (χ2v) is 9.14. The van der Waals surface area contributed by atoms with Crippen LogP contribution in [0.5, 0.6) is 0 Å². The van der Waals surface area contributed by atoms with Crippen LogP contribution in [-0.4, -0.2) is 49.6 Å². The molecule has 2 N–H and O–H groups in total. The Kier molecular flexibility index (Phi) is 4.61. The number of amides is 4. The number of aromatic nitrogens is 3. The van der Waals surface area contributed by atoms with E-state index in [0.29, 0.717) is 23.4 Å². The lowest BCUT2D eigenvalue weighted by Crippen LogP contribution is -2.52. The van der Waals surface area contributed by atoms with Gasteiger partial charge in [-0.1, -0.05) is 11.3 Å². The molecule has 0 radical (unpaired) electrons. The third-order valence-corrected chi connectivity index (χ3v) is 6.32. The molecule has 1 saturated carbocycles. The fourth-order valence-corrected chi connectivity index (χ4v) is 4.27. The average molecular weight is 436 g/mol. The quantitative estimate of drug-likeness (QED) is 0.668. The second-order valence-electron chi connectivity index (χ2n) is 9.14. The van der Waals surface area contributed by atoms with Gasteiger partial charge in [0.1, 0.15) is 11.7 Å². The molecule has 2 fully saturated rings. The lowest BCUT2D eigenvalue weighted by Gasteiger charge is -2.29. The minimum absolute atomic E-state index is 0.0237. The van der Waals surface area contributed by atoms with E-state index in [4.69, 9.17) is 0 Å². The van der Waals surface area contributed by atoms with Crippen LogP contribution in [0, 0.1) is 5.92 Å². The number of rotatable bonds is 5. The highest BCUT2D eigenvalue weighted by atomic mass is 16.2. The van der Waals surface area contributed by atoms with Gasteiger partial charge in [-0.25, -0.2) is 4.68 Å². The highest BCUT2D eigenvalue weighted by Gasteiger charge is 2.40. The number of nitrogens with one attached hydrogen (secondary N) is 2. The topological polar surface area (TPSA) is 126 Å². The summed E-state index contributed by atoms with van der Waals surface area (Å²) in [7, 11) is 0. The summed E-state index contributed by atoms with van der Waals surface area (Å²) >= 11 is 0. The molecule has 1 atom stereocenters. The molecule has 0 bridgehead atoms. The first kappa shape index (κ1) is 20.3. The highest BCUT2D eigenvalue weighted by molar-refractivity contribution is 6.05.